The standard InChI is InChI=1S/C23H27N3O4S2/c1-14-11-15(2)13-26(12-14)32(28,29)18-8-6-17(7-9-18)22(27)25-23-24-20-19(30-4)10-5-16(3)21(20)31-23/h5-10,14-15H,11-13H2,1-4H3,(H,24,25,27)/t14-,15-/m1/s1. The lowest BCUT2D eigenvalue weighted by molar-refractivity contribution is 0.102. The second-order valence-corrected chi connectivity index (χ2v) is 11.5. The van der Waals surface area contributed by atoms with Gasteiger partial charge in [-0.25, -0.2) is 13.4 Å². The molecule has 0 unspecified atom stereocenters. The van der Waals surface area contributed by atoms with Gasteiger partial charge in [-0.1, -0.05) is 31.3 Å². The number of nitrogens with one attached hydrogen (secondary N) is 1. The Morgan fingerprint density at radius 3 is 2.41 bits per heavy atom. The molecule has 0 saturated carbocycles. The molecule has 7 nitrogen and oxygen atoms in total. The van der Waals surface area contributed by atoms with Crippen LogP contribution in [0.2, 0.25) is 0 Å². The molecule has 2 heterocycles. The van der Waals surface area contributed by atoms with Crippen LogP contribution in [0.25, 0.3) is 10.2 Å². The Balaban J connectivity index is 1.52. The highest BCUT2D eigenvalue weighted by molar-refractivity contribution is 7.89. The molecule has 2 aromatic carbocycles. The maximum atomic E-state index is 13.0. The van der Waals surface area contributed by atoms with Crippen LogP contribution in [-0.2, 0) is 10.0 Å². The number of thiazole rings is 1. The molecule has 4 rings (SSSR count). The van der Waals surface area contributed by atoms with Crippen LogP contribution in [0.3, 0.4) is 0 Å². The van der Waals surface area contributed by atoms with Crippen molar-refractivity contribution in [2.75, 3.05) is 25.5 Å². The van der Waals surface area contributed by atoms with Gasteiger partial charge in [-0.2, -0.15) is 4.31 Å². The van der Waals surface area contributed by atoms with Crippen LogP contribution in [0.5, 0.6) is 5.75 Å². The van der Waals surface area contributed by atoms with E-state index in [9.17, 15) is 13.2 Å². The number of rotatable bonds is 5. The summed E-state index contributed by atoms with van der Waals surface area (Å²) in [7, 11) is -2.00. The summed E-state index contributed by atoms with van der Waals surface area (Å²) in [6, 6.07) is 9.88. The molecular weight excluding hydrogens is 446 g/mol. The molecule has 1 fully saturated rings. The van der Waals surface area contributed by atoms with E-state index < -0.39 is 10.0 Å². The van der Waals surface area contributed by atoms with E-state index in [1.165, 1.54) is 35.6 Å². The monoisotopic (exact) mass is 473 g/mol. The summed E-state index contributed by atoms with van der Waals surface area (Å²) in [4.78, 5) is 17.4. The van der Waals surface area contributed by atoms with Gasteiger partial charge in [0.15, 0.2) is 5.13 Å². The van der Waals surface area contributed by atoms with Crippen LogP contribution < -0.4 is 10.1 Å². The summed E-state index contributed by atoms with van der Waals surface area (Å²) >= 11 is 1.38. The fourth-order valence-corrected chi connectivity index (χ4v) is 6.85. The van der Waals surface area contributed by atoms with E-state index in [0.29, 0.717) is 46.9 Å². The molecule has 1 amide bonds. The van der Waals surface area contributed by atoms with Gasteiger partial charge in [0.2, 0.25) is 10.0 Å². The highest BCUT2D eigenvalue weighted by Crippen LogP contribution is 2.35. The minimum absolute atomic E-state index is 0.204. The lowest BCUT2D eigenvalue weighted by Crippen LogP contribution is -2.42. The lowest BCUT2D eigenvalue weighted by atomic mass is 9.94. The number of ether oxygens (including phenoxy) is 1. The summed E-state index contributed by atoms with van der Waals surface area (Å²) in [5.41, 5.74) is 2.13. The van der Waals surface area contributed by atoms with E-state index in [4.69, 9.17) is 4.74 Å². The number of benzene rings is 2. The van der Waals surface area contributed by atoms with Crippen molar-refractivity contribution in [1.82, 2.24) is 9.29 Å². The SMILES string of the molecule is COc1ccc(C)c2sc(NC(=O)c3ccc(S(=O)(=O)N4C[C@H](C)C[C@@H](C)C4)cc3)nc12. The third-order valence-electron chi connectivity index (χ3n) is 5.73. The average molecular weight is 474 g/mol. The maximum Gasteiger partial charge on any atom is 0.257 e. The number of hydrogen-bond donors (Lipinski definition) is 1. The molecule has 1 N–H and O–H groups in total. The molecule has 9 heteroatoms. The highest BCUT2D eigenvalue weighted by Gasteiger charge is 2.31. The van der Waals surface area contributed by atoms with Crippen molar-refractivity contribution >= 4 is 42.6 Å². The van der Waals surface area contributed by atoms with E-state index >= 15 is 0 Å². The van der Waals surface area contributed by atoms with E-state index in [-0.39, 0.29) is 10.8 Å². The summed E-state index contributed by atoms with van der Waals surface area (Å²) in [6.45, 7) is 7.18. The summed E-state index contributed by atoms with van der Waals surface area (Å²) in [5, 5.41) is 3.28. The molecule has 1 aliphatic rings. The average Bonchev–Trinajstić information content (AvgIpc) is 3.18. The zero-order chi connectivity index (χ0) is 23.0. The summed E-state index contributed by atoms with van der Waals surface area (Å²) < 4.78 is 34.0. The number of amides is 1. The molecule has 2 atom stereocenters. The molecule has 0 bridgehead atoms. The third kappa shape index (κ3) is 4.37. The summed E-state index contributed by atoms with van der Waals surface area (Å²) in [5.74, 6) is 0.965. The predicted octanol–water partition coefficient (Wildman–Crippen LogP) is 4.53. The number of methoxy groups -OCH3 is 1. The van der Waals surface area contributed by atoms with Gasteiger partial charge in [0.1, 0.15) is 11.3 Å². The first-order valence-electron chi connectivity index (χ1n) is 10.5. The molecular formula is C23H27N3O4S2. The van der Waals surface area contributed by atoms with Crippen molar-refractivity contribution in [3.05, 3.63) is 47.5 Å². The number of piperidine rings is 1. The molecule has 1 aromatic heterocycles. The predicted molar refractivity (Wildman–Crippen MR) is 127 cm³/mol. The van der Waals surface area contributed by atoms with Gasteiger partial charge >= 0.3 is 0 Å². The van der Waals surface area contributed by atoms with Gasteiger partial charge in [0.05, 0.1) is 16.7 Å². The van der Waals surface area contributed by atoms with Crippen LogP contribution in [0.1, 0.15) is 36.2 Å². The molecule has 0 radical (unpaired) electrons. The number of nitrogens with zero attached hydrogens (tertiary/aromatic N) is 2. The maximum absolute atomic E-state index is 13.0. The first kappa shape index (κ1) is 22.7. The van der Waals surface area contributed by atoms with Crippen molar-refractivity contribution in [3.8, 4) is 5.75 Å². The van der Waals surface area contributed by atoms with Crippen molar-refractivity contribution in [1.29, 1.82) is 0 Å². The molecule has 32 heavy (non-hydrogen) atoms. The Kier molecular flexibility index (Phi) is 6.24. The number of sulfonamides is 1. The fourth-order valence-electron chi connectivity index (χ4n) is 4.23. The summed E-state index contributed by atoms with van der Waals surface area (Å²) in [6.07, 6.45) is 1.03. The van der Waals surface area contributed by atoms with Crippen LogP contribution in [-0.4, -0.2) is 43.8 Å². The quantitative estimate of drug-likeness (QED) is 0.588. The zero-order valence-corrected chi connectivity index (χ0v) is 20.2. The zero-order valence-electron chi connectivity index (χ0n) is 18.6. The minimum Gasteiger partial charge on any atom is -0.494 e. The second kappa shape index (κ2) is 8.80. The third-order valence-corrected chi connectivity index (χ3v) is 8.69. The van der Waals surface area contributed by atoms with Crippen molar-refractivity contribution < 1.29 is 17.9 Å². The largest absolute Gasteiger partial charge is 0.494 e. The van der Waals surface area contributed by atoms with Gasteiger partial charge in [0.25, 0.3) is 5.91 Å². The first-order valence-corrected chi connectivity index (χ1v) is 12.8. The van der Waals surface area contributed by atoms with Crippen molar-refractivity contribution in [2.24, 2.45) is 11.8 Å². The second-order valence-electron chi connectivity index (χ2n) is 8.53. The van der Waals surface area contributed by atoms with E-state index in [0.717, 1.165) is 16.7 Å². The van der Waals surface area contributed by atoms with Gasteiger partial charge in [0, 0.05) is 18.7 Å². The number of aryl methyl sites for hydroxylation is 1. The normalized spacial score (nSPS) is 19.8. The highest BCUT2D eigenvalue weighted by atomic mass is 32.2. The Bertz CT molecular complexity index is 1240. The Hall–Kier alpha value is -2.49. The minimum atomic E-state index is -3.58. The van der Waals surface area contributed by atoms with Gasteiger partial charge in [-0.05, 0) is 61.1 Å². The van der Waals surface area contributed by atoms with Crippen LogP contribution in [0, 0.1) is 18.8 Å². The number of fused-ring (bicyclic) bond motifs is 1. The Labute approximate surface area is 192 Å². The number of aromatic nitrogens is 1. The molecule has 0 spiro atoms. The first-order chi connectivity index (χ1) is 15.2. The van der Waals surface area contributed by atoms with E-state index in [2.05, 4.69) is 24.1 Å². The van der Waals surface area contributed by atoms with Crippen LogP contribution in [0.4, 0.5) is 5.13 Å². The van der Waals surface area contributed by atoms with E-state index in [1.54, 1.807) is 11.4 Å². The number of anilines is 1. The van der Waals surface area contributed by atoms with Crippen molar-refractivity contribution in [3.63, 3.8) is 0 Å². The molecule has 1 saturated heterocycles. The number of hydrogen-bond acceptors (Lipinski definition) is 6. The topological polar surface area (TPSA) is 88.6 Å². The molecule has 3 aromatic rings. The van der Waals surface area contributed by atoms with Gasteiger partial charge in [-0.3, -0.25) is 10.1 Å². The fraction of sp³-hybridized carbons (Fsp3) is 0.391. The molecule has 0 aliphatic carbocycles. The van der Waals surface area contributed by atoms with Crippen LogP contribution >= 0.6 is 11.3 Å². The van der Waals surface area contributed by atoms with Gasteiger partial charge < -0.3 is 4.74 Å². The number of carbonyl (C=O) groups is 1. The smallest absolute Gasteiger partial charge is 0.257 e. The number of carbonyl (C=O) groups excluding carboxylic acids is 1. The molecule has 1 aliphatic heterocycles. The van der Waals surface area contributed by atoms with E-state index in [1.807, 2.05) is 19.1 Å². The lowest BCUT2D eigenvalue weighted by Gasteiger charge is -2.34. The molecule has 170 valence electrons. The van der Waals surface area contributed by atoms with Crippen LogP contribution in [0.15, 0.2) is 41.3 Å². The Morgan fingerprint density at radius 2 is 1.78 bits per heavy atom. The Morgan fingerprint density at radius 1 is 1.12 bits per heavy atom. The van der Waals surface area contributed by atoms with Crippen molar-refractivity contribution in [2.45, 2.75) is 32.1 Å². The van der Waals surface area contributed by atoms with Gasteiger partial charge in [-0.15, -0.1) is 0 Å².